The van der Waals surface area contributed by atoms with Crippen molar-refractivity contribution in [3.05, 3.63) is 64.2 Å². The molecule has 2 aromatic rings. The number of carbonyl (C=O) groups is 2. The molecule has 0 bridgehead atoms. The van der Waals surface area contributed by atoms with Gasteiger partial charge in [0.05, 0.1) is 6.61 Å². The van der Waals surface area contributed by atoms with Gasteiger partial charge in [-0.05, 0) is 86.6 Å². The molecule has 32 heavy (non-hydrogen) atoms. The highest BCUT2D eigenvalue weighted by Crippen LogP contribution is 2.27. The van der Waals surface area contributed by atoms with E-state index in [1.807, 2.05) is 65.8 Å². The number of ether oxygens (including phenoxy) is 1. The molecule has 0 heterocycles. The lowest BCUT2D eigenvalue weighted by Crippen LogP contribution is -2.31. The van der Waals surface area contributed by atoms with Crippen molar-refractivity contribution in [3.8, 4) is 5.75 Å². The van der Waals surface area contributed by atoms with Crippen molar-refractivity contribution in [2.24, 2.45) is 5.41 Å². The smallest absolute Gasteiger partial charge is 0.331 e. The number of hydrogen-bond donors (Lipinski definition) is 2. The molecular weight excluding hydrogens is 402 g/mol. The Hall–Kier alpha value is -3.08. The molecule has 0 aliphatic heterocycles. The topological polar surface area (TPSA) is 75.6 Å². The van der Waals surface area contributed by atoms with E-state index in [0.29, 0.717) is 30.7 Å². The summed E-state index contributed by atoms with van der Waals surface area (Å²) in [7, 11) is 0. The third kappa shape index (κ3) is 6.98. The average molecular weight is 438 g/mol. The Morgan fingerprint density at radius 3 is 2.41 bits per heavy atom. The summed E-state index contributed by atoms with van der Waals surface area (Å²) in [6.45, 7) is 12.2. The van der Waals surface area contributed by atoms with E-state index in [0.717, 1.165) is 34.4 Å². The van der Waals surface area contributed by atoms with E-state index < -0.39 is 11.4 Å². The van der Waals surface area contributed by atoms with Gasteiger partial charge in [0, 0.05) is 16.7 Å². The van der Waals surface area contributed by atoms with Crippen molar-refractivity contribution in [3.63, 3.8) is 0 Å². The number of aryl methyl sites for hydroxylation is 3. The number of carbonyl (C=O) groups excluding carboxylic acids is 1. The molecule has 0 atom stereocenters. The summed E-state index contributed by atoms with van der Waals surface area (Å²) >= 11 is 0. The molecule has 0 aliphatic rings. The van der Waals surface area contributed by atoms with Gasteiger partial charge in [-0.25, -0.2) is 4.79 Å². The lowest BCUT2D eigenvalue weighted by atomic mass is 9.86. The van der Waals surface area contributed by atoms with Crippen LogP contribution in [0.2, 0.25) is 0 Å². The Kier molecular flexibility index (Phi) is 8.64. The van der Waals surface area contributed by atoms with Crippen LogP contribution in [-0.2, 0) is 9.59 Å². The maximum Gasteiger partial charge on any atom is 0.331 e. The fourth-order valence-electron chi connectivity index (χ4n) is 3.39. The second-order valence-corrected chi connectivity index (χ2v) is 8.96. The first-order chi connectivity index (χ1) is 15.0. The van der Waals surface area contributed by atoms with Crippen molar-refractivity contribution < 1.29 is 19.4 Å². The summed E-state index contributed by atoms with van der Waals surface area (Å²) in [5.74, 6) is -0.0646. The average Bonchev–Trinajstić information content (AvgIpc) is 2.72. The first-order valence-corrected chi connectivity index (χ1v) is 11.1. The minimum absolute atomic E-state index is 0.0493. The van der Waals surface area contributed by atoms with Crippen LogP contribution in [0.4, 0.5) is 5.69 Å². The Bertz CT molecular complexity index is 1000. The molecule has 5 heteroatoms. The molecule has 2 aromatic carbocycles. The van der Waals surface area contributed by atoms with Gasteiger partial charge in [-0.15, -0.1) is 0 Å². The monoisotopic (exact) mass is 437 g/mol. The van der Waals surface area contributed by atoms with E-state index in [2.05, 4.69) is 17.4 Å². The zero-order valence-corrected chi connectivity index (χ0v) is 20.0. The molecule has 0 aliphatic carbocycles. The minimum atomic E-state index is -0.910. The van der Waals surface area contributed by atoms with Crippen molar-refractivity contribution in [1.29, 1.82) is 0 Å². The van der Waals surface area contributed by atoms with Crippen LogP contribution < -0.4 is 10.1 Å². The summed E-state index contributed by atoms with van der Waals surface area (Å²) in [5.41, 5.74) is 4.54. The van der Waals surface area contributed by atoms with Crippen LogP contribution in [0.15, 0.2) is 42.0 Å². The highest BCUT2D eigenvalue weighted by molar-refractivity contribution is 5.95. The molecule has 0 unspecified atom stereocenters. The molecule has 2 rings (SSSR count). The molecule has 172 valence electrons. The molecule has 0 saturated carbocycles. The summed E-state index contributed by atoms with van der Waals surface area (Å²) < 4.78 is 5.92. The van der Waals surface area contributed by atoms with Gasteiger partial charge in [-0.2, -0.15) is 0 Å². The lowest BCUT2D eigenvalue weighted by molar-refractivity contribution is -0.132. The first-order valence-electron chi connectivity index (χ1n) is 11.1. The summed E-state index contributed by atoms with van der Waals surface area (Å²) in [6, 6.07) is 11.7. The van der Waals surface area contributed by atoms with Crippen LogP contribution in [-0.4, -0.2) is 23.6 Å². The van der Waals surface area contributed by atoms with E-state index in [1.54, 1.807) is 6.08 Å². The van der Waals surface area contributed by atoms with Gasteiger partial charge in [0.1, 0.15) is 5.75 Å². The summed E-state index contributed by atoms with van der Waals surface area (Å²) in [5, 5.41) is 12.2. The van der Waals surface area contributed by atoms with Crippen LogP contribution in [0.1, 0.15) is 62.3 Å². The van der Waals surface area contributed by atoms with Crippen molar-refractivity contribution in [2.45, 2.75) is 60.8 Å². The second kappa shape index (κ2) is 11.0. The van der Waals surface area contributed by atoms with Gasteiger partial charge in [-0.1, -0.05) is 39.0 Å². The number of carboxylic acid groups (broad SMARTS) is 1. The van der Waals surface area contributed by atoms with Crippen molar-refractivity contribution in [2.75, 3.05) is 11.9 Å². The van der Waals surface area contributed by atoms with E-state index in [1.165, 1.54) is 0 Å². The molecule has 0 saturated heterocycles. The van der Waals surface area contributed by atoms with E-state index in [4.69, 9.17) is 4.74 Å². The highest BCUT2D eigenvalue weighted by Gasteiger charge is 2.27. The quantitative estimate of drug-likeness (QED) is 0.337. The predicted molar refractivity (Wildman–Crippen MR) is 130 cm³/mol. The maximum absolute atomic E-state index is 12.9. The van der Waals surface area contributed by atoms with E-state index in [9.17, 15) is 14.7 Å². The zero-order chi connectivity index (χ0) is 23.9. The molecule has 0 aromatic heterocycles. The van der Waals surface area contributed by atoms with Crippen LogP contribution in [0.5, 0.6) is 5.75 Å². The molecule has 0 radical (unpaired) electrons. The van der Waals surface area contributed by atoms with Crippen LogP contribution in [0.3, 0.4) is 0 Å². The van der Waals surface area contributed by atoms with Gasteiger partial charge in [-0.3, -0.25) is 4.79 Å². The standard InChI is InChI=1S/C27H35NO4/c1-7-21(25(29)30)17-22-11-12-23(16-20(22)4)28-26(31)27(5,6)13-8-14-32-24-15-18(2)9-10-19(24)3/h9-12,15-17H,7-8,13-14H2,1-6H3,(H,28,31)(H,29,30). The Balaban J connectivity index is 1.94. The molecule has 1 amide bonds. The molecule has 2 N–H and O–H groups in total. The van der Waals surface area contributed by atoms with Gasteiger partial charge >= 0.3 is 5.97 Å². The number of amides is 1. The molecule has 5 nitrogen and oxygen atoms in total. The second-order valence-electron chi connectivity index (χ2n) is 8.96. The Morgan fingerprint density at radius 1 is 1.06 bits per heavy atom. The summed E-state index contributed by atoms with van der Waals surface area (Å²) in [6.07, 6.45) is 3.60. The fraction of sp³-hybridized carbons (Fsp3) is 0.407. The number of carboxylic acids is 1. The number of aliphatic carboxylic acids is 1. The third-order valence-corrected chi connectivity index (χ3v) is 5.68. The van der Waals surface area contributed by atoms with Crippen LogP contribution in [0.25, 0.3) is 6.08 Å². The number of nitrogens with one attached hydrogen (secondary N) is 1. The first kappa shape index (κ1) is 25.2. The number of hydrogen-bond acceptors (Lipinski definition) is 3. The lowest BCUT2D eigenvalue weighted by Gasteiger charge is -2.24. The highest BCUT2D eigenvalue weighted by atomic mass is 16.5. The largest absolute Gasteiger partial charge is 0.493 e. The van der Waals surface area contributed by atoms with Gasteiger partial charge < -0.3 is 15.2 Å². The van der Waals surface area contributed by atoms with Gasteiger partial charge in [0.2, 0.25) is 5.91 Å². The van der Waals surface area contributed by atoms with E-state index >= 15 is 0 Å². The predicted octanol–water partition coefficient (Wildman–Crippen LogP) is 6.31. The zero-order valence-electron chi connectivity index (χ0n) is 20.0. The third-order valence-electron chi connectivity index (χ3n) is 5.68. The summed E-state index contributed by atoms with van der Waals surface area (Å²) in [4.78, 5) is 24.1. The van der Waals surface area contributed by atoms with Crippen LogP contribution >= 0.6 is 0 Å². The SMILES string of the molecule is CCC(=Cc1ccc(NC(=O)C(C)(C)CCCOc2cc(C)ccc2C)cc1C)C(=O)O. The van der Waals surface area contributed by atoms with E-state index in [-0.39, 0.29) is 5.91 Å². The van der Waals surface area contributed by atoms with Crippen LogP contribution in [0, 0.1) is 26.2 Å². The number of rotatable bonds is 10. The van der Waals surface area contributed by atoms with Gasteiger partial charge in [0.25, 0.3) is 0 Å². The Morgan fingerprint density at radius 2 is 1.78 bits per heavy atom. The van der Waals surface area contributed by atoms with Crippen molar-refractivity contribution in [1.82, 2.24) is 0 Å². The molecular formula is C27H35NO4. The molecule has 0 spiro atoms. The Labute approximate surface area is 191 Å². The number of anilines is 1. The van der Waals surface area contributed by atoms with Gasteiger partial charge in [0.15, 0.2) is 0 Å². The van der Waals surface area contributed by atoms with Crippen molar-refractivity contribution >= 4 is 23.6 Å². The maximum atomic E-state index is 12.9. The number of benzene rings is 2. The minimum Gasteiger partial charge on any atom is -0.493 e. The molecule has 0 fully saturated rings. The fourth-order valence-corrected chi connectivity index (χ4v) is 3.39. The normalized spacial score (nSPS) is 11.9.